The summed E-state index contributed by atoms with van der Waals surface area (Å²) in [4.78, 5) is 13.8. The van der Waals surface area contributed by atoms with Gasteiger partial charge in [0.2, 0.25) is 5.13 Å². The van der Waals surface area contributed by atoms with Gasteiger partial charge in [0.15, 0.2) is 6.61 Å². The number of hydrogen-bond donors (Lipinski definition) is 0. The lowest BCUT2D eigenvalue weighted by molar-refractivity contribution is -0.120. The van der Waals surface area contributed by atoms with E-state index in [1.165, 1.54) is 16.2 Å². The maximum absolute atomic E-state index is 12.4. The van der Waals surface area contributed by atoms with E-state index in [0.29, 0.717) is 15.9 Å². The molecule has 0 atom stereocenters. The van der Waals surface area contributed by atoms with Gasteiger partial charge in [0.05, 0.1) is 0 Å². The first-order chi connectivity index (χ1) is 12.4. The minimum Gasteiger partial charge on any atom is -0.484 e. The van der Waals surface area contributed by atoms with Gasteiger partial charge in [-0.2, -0.15) is 0 Å². The largest absolute Gasteiger partial charge is 0.484 e. The summed E-state index contributed by atoms with van der Waals surface area (Å²) in [6, 6.07) is 13.0. The van der Waals surface area contributed by atoms with Crippen molar-refractivity contribution in [2.75, 3.05) is 18.6 Å². The molecule has 0 bridgehead atoms. The highest BCUT2D eigenvalue weighted by Gasteiger charge is 2.17. The van der Waals surface area contributed by atoms with Gasteiger partial charge in [0, 0.05) is 22.1 Å². The molecular formula is C18H15BrClN3O2S. The number of hydrogen-bond acceptors (Lipinski definition) is 5. The maximum Gasteiger partial charge on any atom is 0.266 e. The van der Waals surface area contributed by atoms with Crippen molar-refractivity contribution in [3.8, 4) is 16.3 Å². The minimum absolute atomic E-state index is 0.0925. The molecule has 5 nitrogen and oxygen atoms in total. The lowest BCUT2D eigenvalue weighted by Crippen LogP contribution is -2.31. The summed E-state index contributed by atoms with van der Waals surface area (Å²) in [6.45, 7) is 1.79. The van der Waals surface area contributed by atoms with Gasteiger partial charge in [-0.05, 0) is 42.8 Å². The highest BCUT2D eigenvalue weighted by Crippen LogP contribution is 2.29. The Hall–Kier alpha value is -1.96. The predicted molar refractivity (Wildman–Crippen MR) is 108 cm³/mol. The van der Waals surface area contributed by atoms with Crippen molar-refractivity contribution >= 4 is 49.9 Å². The first-order valence-electron chi connectivity index (χ1n) is 7.69. The molecule has 1 aromatic heterocycles. The van der Waals surface area contributed by atoms with Crippen molar-refractivity contribution in [2.24, 2.45) is 0 Å². The number of aryl methyl sites for hydroxylation is 1. The SMILES string of the molecule is Cc1cc(OCC(=O)N(C)c2nnc(-c3ccc(Br)cc3)s2)ccc1Cl. The van der Waals surface area contributed by atoms with Crippen LogP contribution in [0.15, 0.2) is 46.9 Å². The molecule has 0 saturated heterocycles. The molecule has 0 radical (unpaired) electrons. The van der Waals surface area contributed by atoms with Crippen LogP contribution in [-0.2, 0) is 4.79 Å². The zero-order valence-electron chi connectivity index (χ0n) is 14.1. The number of benzene rings is 2. The number of aromatic nitrogens is 2. The summed E-state index contributed by atoms with van der Waals surface area (Å²) in [5, 5.41) is 10.2. The summed E-state index contributed by atoms with van der Waals surface area (Å²) >= 11 is 10.7. The molecule has 0 aliphatic rings. The van der Waals surface area contributed by atoms with Gasteiger partial charge in [-0.25, -0.2) is 0 Å². The molecule has 0 saturated carbocycles. The third-order valence-corrected chi connectivity index (χ3v) is 5.66. The van der Waals surface area contributed by atoms with Crippen LogP contribution in [0.1, 0.15) is 5.56 Å². The van der Waals surface area contributed by atoms with Crippen LogP contribution in [0.4, 0.5) is 5.13 Å². The van der Waals surface area contributed by atoms with E-state index in [1.807, 2.05) is 31.2 Å². The van der Waals surface area contributed by atoms with Crippen LogP contribution < -0.4 is 9.64 Å². The van der Waals surface area contributed by atoms with Gasteiger partial charge in [0.1, 0.15) is 10.8 Å². The van der Waals surface area contributed by atoms with Crippen molar-refractivity contribution in [1.82, 2.24) is 10.2 Å². The Labute approximate surface area is 168 Å². The number of ether oxygens (including phenoxy) is 1. The normalized spacial score (nSPS) is 10.6. The van der Waals surface area contributed by atoms with Gasteiger partial charge in [-0.1, -0.05) is 51.0 Å². The fourth-order valence-corrected chi connectivity index (χ4v) is 3.33. The van der Waals surface area contributed by atoms with Gasteiger partial charge in [-0.15, -0.1) is 10.2 Å². The predicted octanol–water partition coefficient (Wildman–Crippen LogP) is 4.97. The second kappa shape index (κ2) is 8.16. The Morgan fingerprint density at radius 1 is 1.23 bits per heavy atom. The molecule has 2 aromatic carbocycles. The quantitative estimate of drug-likeness (QED) is 0.548. The Morgan fingerprint density at radius 2 is 1.96 bits per heavy atom. The number of carbonyl (C=O) groups is 1. The zero-order chi connectivity index (χ0) is 18.7. The molecule has 1 heterocycles. The molecule has 26 heavy (non-hydrogen) atoms. The molecule has 0 N–H and O–H groups in total. The molecule has 0 aliphatic carbocycles. The van der Waals surface area contributed by atoms with Crippen LogP contribution >= 0.6 is 38.9 Å². The number of rotatable bonds is 5. The third kappa shape index (κ3) is 4.41. The molecule has 3 rings (SSSR count). The smallest absolute Gasteiger partial charge is 0.266 e. The highest BCUT2D eigenvalue weighted by molar-refractivity contribution is 9.10. The van der Waals surface area contributed by atoms with E-state index in [2.05, 4.69) is 26.1 Å². The lowest BCUT2D eigenvalue weighted by atomic mass is 10.2. The van der Waals surface area contributed by atoms with Gasteiger partial charge in [-0.3, -0.25) is 9.69 Å². The van der Waals surface area contributed by atoms with E-state index in [0.717, 1.165) is 20.6 Å². The number of nitrogens with zero attached hydrogens (tertiary/aromatic N) is 3. The molecule has 0 unspecified atom stereocenters. The monoisotopic (exact) mass is 451 g/mol. The molecule has 8 heteroatoms. The van der Waals surface area contributed by atoms with Crippen molar-refractivity contribution in [3.05, 3.63) is 57.5 Å². The van der Waals surface area contributed by atoms with E-state index in [4.69, 9.17) is 16.3 Å². The standard InChI is InChI=1S/C18H15BrClN3O2S/c1-11-9-14(7-8-15(11)20)25-10-16(24)23(2)18-22-21-17(26-18)12-3-5-13(19)6-4-12/h3-9H,10H2,1-2H3. The number of amides is 1. The van der Waals surface area contributed by atoms with E-state index >= 15 is 0 Å². The summed E-state index contributed by atoms with van der Waals surface area (Å²) < 4.78 is 6.55. The number of halogens is 2. The summed E-state index contributed by atoms with van der Waals surface area (Å²) in [5.41, 5.74) is 1.85. The fourth-order valence-electron chi connectivity index (χ4n) is 2.12. The first-order valence-corrected chi connectivity index (χ1v) is 9.68. The van der Waals surface area contributed by atoms with Gasteiger partial charge in [0.25, 0.3) is 5.91 Å². The summed E-state index contributed by atoms with van der Waals surface area (Å²) in [6.07, 6.45) is 0. The molecule has 1 amide bonds. The average molecular weight is 453 g/mol. The number of carbonyl (C=O) groups excluding carboxylic acids is 1. The molecule has 0 aliphatic heterocycles. The van der Waals surface area contributed by atoms with E-state index < -0.39 is 0 Å². The van der Waals surface area contributed by atoms with Crippen LogP contribution in [0, 0.1) is 6.92 Å². The Bertz CT molecular complexity index is 930. The van der Waals surface area contributed by atoms with Crippen LogP contribution in [-0.4, -0.2) is 29.8 Å². The second-order valence-corrected chi connectivity index (χ2v) is 7.83. The maximum atomic E-state index is 12.4. The average Bonchev–Trinajstić information content (AvgIpc) is 3.12. The number of likely N-dealkylation sites (N-methyl/N-ethyl adjacent to an activating group) is 1. The first kappa shape index (κ1) is 18.8. The summed E-state index contributed by atoms with van der Waals surface area (Å²) in [5.74, 6) is 0.387. The van der Waals surface area contributed by atoms with Crippen LogP contribution in [0.3, 0.4) is 0 Å². The zero-order valence-corrected chi connectivity index (χ0v) is 17.2. The van der Waals surface area contributed by atoms with Crippen LogP contribution in [0.5, 0.6) is 5.75 Å². The van der Waals surface area contributed by atoms with Crippen LogP contribution in [0.2, 0.25) is 5.02 Å². The van der Waals surface area contributed by atoms with Crippen LogP contribution in [0.25, 0.3) is 10.6 Å². The Kier molecular flexibility index (Phi) is 5.90. The highest BCUT2D eigenvalue weighted by atomic mass is 79.9. The van der Waals surface area contributed by atoms with Gasteiger partial charge < -0.3 is 4.74 Å². The third-order valence-electron chi connectivity index (χ3n) is 3.66. The topological polar surface area (TPSA) is 55.3 Å². The van der Waals surface area contributed by atoms with Crippen molar-refractivity contribution in [2.45, 2.75) is 6.92 Å². The Balaban J connectivity index is 1.65. The van der Waals surface area contributed by atoms with E-state index in [-0.39, 0.29) is 12.5 Å². The number of anilines is 1. The Morgan fingerprint density at radius 3 is 2.65 bits per heavy atom. The van der Waals surface area contributed by atoms with Gasteiger partial charge >= 0.3 is 0 Å². The second-order valence-electron chi connectivity index (χ2n) is 5.55. The van der Waals surface area contributed by atoms with E-state index in [1.54, 1.807) is 25.2 Å². The van der Waals surface area contributed by atoms with E-state index in [9.17, 15) is 4.79 Å². The molecule has 0 fully saturated rings. The molecular weight excluding hydrogens is 438 g/mol. The van der Waals surface area contributed by atoms with Crippen molar-refractivity contribution in [1.29, 1.82) is 0 Å². The van der Waals surface area contributed by atoms with Crippen molar-refractivity contribution < 1.29 is 9.53 Å². The summed E-state index contributed by atoms with van der Waals surface area (Å²) in [7, 11) is 1.66. The molecule has 3 aromatic rings. The minimum atomic E-state index is -0.212. The molecule has 0 spiro atoms. The molecule has 134 valence electrons. The fraction of sp³-hybridized carbons (Fsp3) is 0.167. The van der Waals surface area contributed by atoms with Crippen molar-refractivity contribution in [3.63, 3.8) is 0 Å². The lowest BCUT2D eigenvalue weighted by Gasteiger charge is -2.14.